The van der Waals surface area contributed by atoms with Crippen LogP contribution in [0, 0.1) is 0 Å². The standard InChI is InChI=1S/C24H24N4O5S/c1-3-28(4-2)34(31,32)19-13-14-23(30)27(15-19)16-22(29)25-18-11-9-17(10-12-18)24-26-20-7-5-6-8-21(20)33-24/h5-15H,3-4,16H2,1-2H3,(H,25,29). The van der Waals surface area contributed by atoms with E-state index in [2.05, 4.69) is 10.3 Å². The molecule has 0 aliphatic rings. The predicted octanol–water partition coefficient (Wildman–Crippen LogP) is 3.33. The molecule has 0 aliphatic heterocycles. The molecule has 4 aromatic rings. The first-order valence-corrected chi connectivity index (χ1v) is 12.2. The summed E-state index contributed by atoms with van der Waals surface area (Å²) in [5.41, 5.74) is 2.24. The van der Waals surface area contributed by atoms with Gasteiger partial charge in [-0.2, -0.15) is 4.31 Å². The zero-order chi connectivity index (χ0) is 24.3. The van der Waals surface area contributed by atoms with Crippen molar-refractivity contribution in [3.05, 3.63) is 77.2 Å². The molecule has 176 valence electrons. The molecular weight excluding hydrogens is 456 g/mol. The van der Waals surface area contributed by atoms with E-state index in [9.17, 15) is 18.0 Å². The van der Waals surface area contributed by atoms with Gasteiger partial charge in [-0.15, -0.1) is 0 Å². The number of benzene rings is 2. The molecule has 10 heteroatoms. The Morgan fingerprint density at radius 1 is 1.03 bits per heavy atom. The number of pyridine rings is 1. The lowest BCUT2D eigenvalue weighted by atomic mass is 10.2. The summed E-state index contributed by atoms with van der Waals surface area (Å²) in [6.45, 7) is 3.75. The number of amides is 1. The van der Waals surface area contributed by atoms with E-state index in [4.69, 9.17) is 4.42 Å². The van der Waals surface area contributed by atoms with Crippen molar-refractivity contribution in [3.63, 3.8) is 0 Å². The summed E-state index contributed by atoms with van der Waals surface area (Å²) in [6, 6.07) is 16.8. The maximum absolute atomic E-state index is 12.7. The molecule has 2 aromatic heterocycles. The van der Waals surface area contributed by atoms with Crippen LogP contribution in [0.15, 0.2) is 81.0 Å². The Morgan fingerprint density at radius 2 is 1.74 bits per heavy atom. The van der Waals surface area contributed by atoms with E-state index in [1.54, 1.807) is 38.1 Å². The van der Waals surface area contributed by atoms with Crippen molar-refractivity contribution in [1.29, 1.82) is 0 Å². The molecule has 0 radical (unpaired) electrons. The van der Waals surface area contributed by atoms with E-state index >= 15 is 0 Å². The third kappa shape index (κ3) is 4.78. The van der Waals surface area contributed by atoms with Crippen LogP contribution >= 0.6 is 0 Å². The molecule has 2 heterocycles. The van der Waals surface area contributed by atoms with Crippen molar-refractivity contribution in [1.82, 2.24) is 13.9 Å². The number of carbonyl (C=O) groups excluding carboxylic acids is 1. The van der Waals surface area contributed by atoms with Crippen molar-refractivity contribution >= 4 is 32.7 Å². The van der Waals surface area contributed by atoms with Crippen LogP contribution in [-0.2, 0) is 21.4 Å². The molecule has 34 heavy (non-hydrogen) atoms. The molecular formula is C24H24N4O5S. The third-order valence-corrected chi connectivity index (χ3v) is 7.36. The van der Waals surface area contributed by atoms with Gasteiger partial charge in [0.2, 0.25) is 21.8 Å². The number of anilines is 1. The van der Waals surface area contributed by atoms with Gasteiger partial charge in [0, 0.05) is 36.6 Å². The first-order chi connectivity index (χ1) is 16.3. The second-order valence-corrected chi connectivity index (χ2v) is 9.47. The van der Waals surface area contributed by atoms with Crippen molar-refractivity contribution in [2.24, 2.45) is 0 Å². The molecule has 0 saturated carbocycles. The second kappa shape index (κ2) is 9.62. The van der Waals surface area contributed by atoms with E-state index in [0.717, 1.165) is 21.7 Å². The quantitative estimate of drug-likeness (QED) is 0.414. The Morgan fingerprint density at radius 3 is 2.41 bits per heavy atom. The van der Waals surface area contributed by atoms with Crippen LogP contribution in [0.3, 0.4) is 0 Å². The highest BCUT2D eigenvalue weighted by atomic mass is 32.2. The van der Waals surface area contributed by atoms with Gasteiger partial charge in [-0.25, -0.2) is 13.4 Å². The molecule has 0 unspecified atom stereocenters. The number of sulfonamides is 1. The molecule has 0 aliphatic carbocycles. The average molecular weight is 481 g/mol. The largest absolute Gasteiger partial charge is 0.436 e. The maximum Gasteiger partial charge on any atom is 0.251 e. The highest BCUT2D eigenvalue weighted by Crippen LogP contribution is 2.25. The molecule has 0 fully saturated rings. The first-order valence-electron chi connectivity index (χ1n) is 10.8. The van der Waals surface area contributed by atoms with E-state index in [1.807, 2.05) is 24.3 Å². The van der Waals surface area contributed by atoms with Crippen LogP contribution in [-0.4, -0.2) is 41.3 Å². The summed E-state index contributed by atoms with van der Waals surface area (Å²) in [5.74, 6) is 0.00551. The van der Waals surface area contributed by atoms with E-state index in [0.29, 0.717) is 30.3 Å². The minimum atomic E-state index is -3.75. The van der Waals surface area contributed by atoms with Gasteiger partial charge < -0.3 is 14.3 Å². The van der Waals surface area contributed by atoms with E-state index < -0.39 is 21.5 Å². The van der Waals surface area contributed by atoms with Crippen LogP contribution in [0.1, 0.15) is 13.8 Å². The normalized spacial score (nSPS) is 11.7. The molecule has 1 amide bonds. The molecule has 2 aromatic carbocycles. The van der Waals surface area contributed by atoms with Crippen molar-refractivity contribution in [2.45, 2.75) is 25.3 Å². The minimum absolute atomic E-state index is 0.0358. The van der Waals surface area contributed by atoms with Crippen molar-refractivity contribution in [2.75, 3.05) is 18.4 Å². The summed E-state index contributed by atoms with van der Waals surface area (Å²) in [4.78, 5) is 29.2. The fourth-order valence-electron chi connectivity index (χ4n) is 3.55. The lowest BCUT2D eigenvalue weighted by Gasteiger charge is -2.19. The summed E-state index contributed by atoms with van der Waals surface area (Å²) in [6.07, 6.45) is 1.20. The lowest BCUT2D eigenvalue weighted by molar-refractivity contribution is -0.116. The number of nitrogens with zero attached hydrogens (tertiary/aromatic N) is 3. The molecule has 0 bridgehead atoms. The predicted molar refractivity (Wildman–Crippen MR) is 129 cm³/mol. The SMILES string of the molecule is CCN(CC)S(=O)(=O)c1ccc(=O)n(CC(=O)Nc2ccc(-c3nc4ccccc4o3)cc2)c1. The van der Waals surface area contributed by atoms with E-state index in [-0.39, 0.29) is 11.4 Å². The monoisotopic (exact) mass is 480 g/mol. The minimum Gasteiger partial charge on any atom is -0.436 e. The zero-order valence-corrected chi connectivity index (χ0v) is 19.6. The van der Waals surface area contributed by atoms with Gasteiger partial charge >= 0.3 is 0 Å². The summed E-state index contributed by atoms with van der Waals surface area (Å²) >= 11 is 0. The summed E-state index contributed by atoms with van der Waals surface area (Å²) in [5, 5.41) is 2.72. The Hall–Kier alpha value is -3.76. The van der Waals surface area contributed by atoms with Gasteiger partial charge in [0.25, 0.3) is 5.56 Å². The van der Waals surface area contributed by atoms with Crippen molar-refractivity contribution in [3.8, 4) is 11.5 Å². The van der Waals surface area contributed by atoms with E-state index in [1.165, 1.54) is 16.6 Å². The number of para-hydroxylation sites is 2. The highest BCUT2D eigenvalue weighted by Gasteiger charge is 2.22. The number of oxazole rings is 1. The number of rotatable bonds is 8. The fourth-order valence-corrected chi connectivity index (χ4v) is 5.02. The van der Waals surface area contributed by atoms with Crippen LogP contribution < -0.4 is 10.9 Å². The maximum atomic E-state index is 12.7. The second-order valence-electron chi connectivity index (χ2n) is 7.53. The number of aromatic nitrogens is 2. The average Bonchev–Trinajstić information content (AvgIpc) is 3.26. The number of hydrogen-bond donors (Lipinski definition) is 1. The Labute approximate surface area is 196 Å². The van der Waals surface area contributed by atoms with Gasteiger partial charge in [0.15, 0.2) is 5.58 Å². The molecule has 4 rings (SSSR count). The number of hydrogen-bond acceptors (Lipinski definition) is 6. The van der Waals surface area contributed by atoms with Gasteiger partial charge in [-0.1, -0.05) is 26.0 Å². The Kier molecular flexibility index (Phi) is 6.62. The van der Waals surface area contributed by atoms with Gasteiger partial charge in [0.05, 0.1) is 4.90 Å². The van der Waals surface area contributed by atoms with Gasteiger partial charge in [-0.05, 0) is 42.5 Å². The fraction of sp³-hybridized carbons (Fsp3) is 0.208. The third-order valence-electron chi connectivity index (χ3n) is 5.32. The summed E-state index contributed by atoms with van der Waals surface area (Å²) in [7, 11) is -3.75. The van der Waals surface area contributed by atoms with Crippen molar-refractivity contribution < 1.29 is 17.6 Å². The molecule has 0 atom stereocenters. The van der Waals surface area contributed by atoms with Gasteiger partial charge in [-0.3, -0.25) is 9.59 Å². The summed E-state index contributed by atoms with van der Waals surface area (Å²) < 4.78 is 33.6. The zero-order valence-electron chi connectivity index (χ0n) is 18.8. The molecule has 1 N–H and O–H groups in total. The van der Waals surface area contributed by atoms with Crippen LogP contribution in [0.2, 0.25) is 0 Å². The Bertz CT molecular complexity index is 1450. The smallest absolute Gasteiger partial charge is 0.251 e. The van der Waals surface area contributed by atoms with Crippen LogP contribution in [0.4, 0.5) is 5.69 Å². The Balaban J connectivity index is 1.48. The molecule has 0 spiro atoms. The number of fused-ring (bicyclic) bond motifs is 1. The number of nitrogens with one attached hydrogen (secondary N) is 1. The van der Waals surface area contributed by atoms with Crippen LogP contribution in [0.5, 0.6) is 0 Å². The number of carbonyl (C=O) groups is 1. The molecule has 9 nitrogen and oxygen atoms in total. The van der Waals surface area contributed by atoms with Gasteiger partial charge in [0.1, 0.15) is 12.1 Å². The topological polar surface area (TPSA) is 115 Å². The van der Waals surface area contributed by atoms with Crippen LogP contribution in [0.25, 0.3) is 22.6 Å². The lowest BCUT2D eigenvalue weighted by Crippen LogP contribution is -2.33. The highest BCUT2D eigenvalue weighted by molar-refractivity contribution is 7.89. The molecule has 0 saturated heterocycles. The first kappa shape index (κ1) is 23.4.